The number of nitrogens with zero attached hydrogens (tertiary/aromatic N) is 2. The Morgan fingerprint density at radius 2 is 2.04 bits per heavy atom. The van der Waals surface area contributed by atoms with Crippen molar-refractivity contribution in [2.24, 2.45) is 0 Å². The molecule has 1 aliphatic rings. The van der Waals surface area contributed by atoms with Crippen LogP contribution >= 0.6 is 23.2 Å². The SMILES string of the molecule is CC(C)N1CCCNC(c2ccc(Oc3ccc(Cl)c(Cl)c3)nc2)C1. The van der Waals surface area contributed by atoms with Gasteiger partial charge in [0, 0.05) is 37.0 Å². The maximum atomic E-state index is 6.02. The molecule has 3 rings (SSSR count). The van der Waals surface area contributed by atoms with E-state index in [0.717, 1.165) is 19.6 Å². The quantitative estimate of drug-likeness (QED) is 0.817. The highest BCUT2D eigenvalue weighted by atomic mass is 35.5. The van der Waals surface area contributed by atoms with Gasteiger partial charge >= 0.3 is 0 Å². The fourth-order valence-electron chi connectivity index (χ4n) is 2.96. The lowest BCUT2D eigenvalue weighted by Crippen LogP contribution is -2.36. The average Bonchev–Trinajstić information content (AvgIpc) is 2.85. The van der Waals surface area contributed by atoms with Gasteiger partial charge < -0.3 is 10.1 Å². The zero-order valence-corrected chi connectivity index (χ0v) is 16.0. The van der Waals surface area contributed by atoms with Crippen LogP contribution in [0.5, 0.6) is 11.6 Å². The highest BCUT2D eigenvalue weighted by Crippen LogP contribution is 2.29. The van der Waals surface area contributed by atoms with Crippen molar-refractivity contribution in [2.45, 2.75) is 32.4 Å². The van der Waals surface area contributed by atoms with Crippen LogP contribution in [0.3, 0.4) is 0 Å². The molecule has 0 aliphatic carbocycles. The van der Waals surface area contributed by atoms with Gasteiger partial charge in [0.2, 0.25) is 5.88 Å². The molecule has 134 valence electrons. The van der Waals surface area contributed by atoms with Crippen molar-refractivity contribution in [3.8, 4) is 11.6 Å². The fourth-order valence-corrected chi connectivity index (χ4v) is 3.25. The average molecular weight is 380 g/mol. The highest BCUT2D eigenvalue weighted by Gasteiger charge is 2.21. The van der Waals surface area contributed by atoms with E-state index in [1.54, 1.807) is 18.2 Å². The summed E-state index contributed by atoms with van der Waals surface area (Å²) in [5, 5.41) is 4.58. The first-order valence-electron chi connectivity index (χ1n) is 8.59. The molecule has 0 amide bonds. The number of hydrogen-bond donors (Lipinski definition) is 1. The van der Waals surface area contributed by atoms with Crippen LogP contribution in [0.4, 0.5) is 0 Å². The van der Waals surface area contributed by atoms with E-state index < -0.39 is 0 Å². The van der Waals surface area contributed by atoms with E-state index in [2.05, 4.69) is 35.1 Å². The molecule has 6 heteroatoms. The summed E-state index contributed by atoms with van der Waals surface area (Å²) >= 11 is 11.9. The molecule has 1 aromatic heterocycles. The van der Waals surface area contributed by atoms with Crippen molar-refractivity contribution in [1.29, 1.82) is 0 Å². The first-order valence-corrected chi connectivity index (χ1v) is 9.35. The number of benzene rings is 1. The van der Waals surface area contributed by atoms with Crippen LogP contribution in [0.25, 0.3) is 0 Å². The van der Waals surface area contributed by atoms with E-state index >= 15 is 0 Å². The van der Waals surface area contributed by atoms with Crippen molar-refractivity contribution in [1.82, 2.24) is 15.2 Å². The number of nitrogens with one attached hydrogen (secondary N) is 1. The Morgan fingerprint density at radius 1 is 1.20 bits per heavy atom. The number of halogens is 2. The Kier molecular flexibility index (Phi) is 6.18. The molecular formula is C19H23Cl2N3O. The summed E-state index contributed by atoms with van der Waals surface area (Å²) < 4.78 is 5.76. The smallest absolute Gasteiger partial charge is 0.219 e. The number of ether oxygens (including phenoxy) is 1. The maximum Gasteiger partial charge on any atom is 0.219 e. The standard InChI is InChI=1S/C19H23Cl2N3O/c1-13(2)24-9-3-8-22-18(12-24)14-4-7-19(23-11-14)25-15-5-6-16(20)17(21)10-15/h4-7,10-11,13,18,22H,3,8-9,12H2,1-2H3. The van der Waals surface area contributed by atoms with E-state index in [1.165, 1.54) is 12.0 Å². The largest absolute Gasteiger partial charge is 0.439 e. The fraction of sp³-hybridized carbons (Fsp3) is 0.421. The number of rotatable bonds is 4. The molecule has 1 fully saturated rings. The molecule has 1 aromatic carbocycles. The molecule has 4 nitrogen and oxygen atoms in total. The van der Waals surface area contributed by atoms with E-state index in [4.69, 9.17) is 27.9 Å². The summed E-state index contributed by atoms with van der Waals surface area (Å²) in [6, 6.07) is 9.98. The predicted octanol–water partition coefficient (Wildman–Crippen LogP) is 4.93. The molecule has 1 unspecified atom stereocenters. The normalized spacial score (nSPS) is 19.0. The molecule has 0 saturated carbocycles. The van der Waals surface area contributed by atoms with Gasteiger partial charge in [-0.3, -0.25) is 4.90 Å². The molecule has 0 radical (unpaired) electrons. The Hall–Kier alpha value is -1.33. The summed E-state index contributed by atoms with van der Waals surface area (Å²) in [5.41, 5.74) is 1.18. The second-order valence-corrected chi connectivity index (χ2v) is 7.37. The summed E-state index contributed by atoms with van der Waals surface area (Å²) in [5.74, 6) is 1.16. The molecule has 2 aromatic rings. The van der Waals surface area contributed by atoms with Crippen LogP contribution in [-0.4, -0.2) is 35.6 Å². The Labute approximate surface area is 159 Å². The van der Waals surface area contributed by atoms with Gasteiger partial charge in [-0.25, -0.2) is 4.98 Å². The van der Waals surface area contributed by atoms with Gasteiger partial charge in [-0.1, -0.05) is 29.3 Å². The molecule has 0 bridgehead atoms. The van der Waals surface area contributed by atoms with Crippen LogP contribution in [0.2, 0.25) is 10.0 Å². The third-order valence-corrected chi connectivity index (χ3v) is 5.17. The number of aromatic nitrogens is 1. The first-order chi connectivity index (χ1) is 12.0. The minimum absolute atomic E-state index is 0.288. The third-order valence-electron chi connectivity index (χ3n) is 4.44. The van der Waals surface area contributed by atoms with Crippen LogP contribution in [-0.2, 0) is 0 Å². The summed E-state index contributed by atoms with van der Waals surface area (Å²) in [4.78, 5) is 6.95. The third kappa shape index (κ3) is 4.85. The lowest BCUT2D eigenvalue weighted by Gasteiger charge is -2.27. The maximum absolute atomic E-state index is 6.02. The number of hydrogen-bond acceptors (Lipinski definition) is 4. The summed E-state index contributed by atoms with van der Waals surface area (Å²) in [6.07, 6.45) is 3.05. The van der Waals surface area contributed by atoms with Gasteiger partial charge in [-0.15, -0.1) is 0 Å². The number of pyridine rings is 1. The molecule has 2 heterocycles. The predicted molar refractivity (Wildman–Crippen MR) is 103 cm³/mol. The van der Waals surface area contributed by atoms with Crippen molar-refractivity contribution >= 4 is 23.2 Å². The molecule has 1 aliphatic heterocycles. The zero-order chi connectivity index (χ0) is 17.8. The van der Waals surface area contributed by atoms with Crippen molar-refractivity contribution < 1.29 is 4.74 Å². The minimum Gasteiger partial charge on any atom is -0.439 e. The Bertz CT molecular complexity index is 706. The summed E-state index contributed by atoms with van der Waals surface area (Å²) in [7, 11) is 0. The van der Waals surface area contributed by atoms with E-state index in [-0.39, 0.29) is 6.04 Å². The van der Waals surface area contributed by atoms with Gasteiger partial charge in [0.15, 0.2) is 0 Å². The molecule has 25 heavy (non-hydrogen) atoms. The molecule has 1 N–H and O–H groups in total. The molecule has 1 atom stereocenters. The van der Waals surface area contributed by atoms with E-state index in [1.807, 2.05) is 12.3 Å². The summed E-state index contributed by atoms with van der Waals surface area (Å²) in [6.45, 7) is 7.64. The lowest BCUT2D eigenvalue weighted by molar-refractivity contribution is 0.218. The highest BCUT2D eigenvalue weighted by molar-refractivity contribution is 6.42. The first kappa shape index (κ1) is 18.5. The molecule has 1 saturated heterocycles. The zero-order valence-electron chi connectivity index (χ0n) is 14.5. The second kappa shape index (κ2) is 8.37. The topological polar surface area (TPSA) is 37.4 Å². The van der Waals surface area contributed by atoms with Crippen molar-refractivity contribution in [3.05, 3.63) is 52.1 Å². The van der Waals surface area contributed by atoms with Crippen LogP contribution < -0.4 is 10.1 Å². The van der Waals surface area contributed by atoms with Crippen LogP contribution in [0.1, 0.15) is 31.9 Å². The minimum atomic E-state index is 0.288. The van der Waals surface area contributed by atoms with Gasteiger partial charge in [0.25, 0.3) is 0 Å². The lowest BCUT2D eigenvalue weighted by atomic mass is 10.1. The van der Waals surface area contributed by atoms with E-state index in [9.17, 15) is 0 Å². The molecular weight excluding hydrogens is 357 g/mol. The van der Waals surface area contributed by atoms with Crippen molar-refractivity contribution in [2.75, 3.05) is 19.6 Å². The van der Waals surface area contributed by atoms with Gasteiger partial charge in [-0.2, -0.15) is 0 Å². The Balaban J connectivity index is 1.69. The van der Waals surface area contributed by atoms with Crippen molar-refractivity contribution in [3.63, 3.8) is 0 Å². The van der Waals surface area contributed by atoms with E-state index in [0.29, 0.717) is 27.7 Å². The van der Waals surface area contributed by atoms with Crippen LogP contribution in [0.15, 0.2) is 36.5 Å². The van der Waals surface area contributed by atoms with Gasteiger partial charge in [0.1, 0.15) is 5.75 Å². The van der Waals surface area contributed by atoms with Crippen LogP contribution in [0, 0.1) is 0 Å². The molecule has 0 spiro atoms. The van der Waals surface area contributed by atoms with Gasteiger partial charge in [-0.05, 0) is 51.1 Å². The Morgan fingerprint density at radius 3 is 2.72 bits per heavy atom. The second-order valence-electron chi connectivity index (χ2n) is 6.56. The van der Waals surface area contributed by atoms with Gasteiger partial charge in [0.05, 0.1) is 10.0 Å². The monoisotopic (exact) mass is 379 g/mol.